The molecule has 0 aliphatic carbocycles. The van der Waals surface area contributed by atoms with Crippen molar-refractivity contribution in [2.45, 2.75) is 12.4 Å². The molecule has 0 bridgehead atoms. The van der Waals surface area contributed by atoms with Gasteiger partial charge in [-0.15, -0.1) is 0 Å². The van der Waals surface area contributed by atoms with E-state index in [0.717, 1.165) is 17.0 Å². The predicted molar refractivity (Wildman–Crippen MR) is 91.9 cm³/mol. The van der Waals surface area contributed by atoms with Gasteiger partial charge in [0, 0.05) is 24.5 Å². The summed E-state index contributed by atoms with van der Waals surface area (Å²) in [5, 5.41) is 0. The van der Waals surface area contributed by atoms with Crippen LogP contribution in [0.15, 0.2) is 48.7 Å². The summed E-state index contributed by atoms with van der Waals surface area (Å²) in [6.07, 6.45) is -8.67. The Kier molecular flexibility index (Phi) is 5.40. The highest BCUT2D eigenvalue weighted by molar-refractivity contribution is 5.64. The number of halogens is 8. The monoisotopic (exact) mass is 433 g/mol. The van der Waals surface area contributed by atoms with Gasteiger partial charge < -0.3 is 4.90 Å². The fourth-order valence-corrected chi connectivity index (χ4v) is 2.63. The van der Waals surface area contributed by atoms with E-state index in [1.54, 1.807) is 0 Å². The smallest absolute Gasteiger partial charge is 0.314 e. The van der Waals surface area contributed by atoms with Crippen LogP contribution in [-0.4, -0.2) is 17.0 Å². The molecule has 1 heterocycles. The highest BCUT2D eigenvalue weighted by Gasteiger charge is 2.35. The van der Waals surface area contributed by atoms with Crippen molar-refractivity contribution < 1.29 is 35.1 Å². The van der Waals surface area contributed by atoms with Crippen LogP contribution in [-0.2, 0) is 12.4 Å². The number of nitrogens with zero attached hydrogens (tertiary/aromatic N) is 3. The first-order valence-corrected chi connectivity index (χ1v) is 8.18. The van der Waals surface area contributed by atoms with Gasteiger partial charge in [-0.3, -0.25) is 0 Å². The third kappa shape index (κ3) is 4.34. The Labute approximate surface area is 164 Å². The first-order chi connectivity index (χ1) is 13.9. The molecule has 3 nitrogen and oxygen atoms in total. The predicted octanol–water partition coefficient (Wildman–Crippen LogP) is 6.23. The number of aromatic nitrogens is 2. The van der Waals surface area contributed by atoms with Crippen LogP contribution in [0.4, 0.5) is 46.8 Å². The summed E-state index contributed by atoms with van der Waals surface area (Å²) in [5.41, 5.74) is -3.17. The second-order valence-corrected chi connectivity index (χ2v) is 6.16. The lowest BCUT2D eigenvalue weighted by atomic mass is 10.1. The van der Waals surface area contributed by atoms with Gasteiger partial charge in [0.2, 0.25) is 5.95 Å². The Morgan fingerprint density at radius 2 is 1.33 bits per heavy atom. The molecular formula is C19H11F8N3. The van der Waals surface area contributed by atoms with Crippen LogP contribution in [0.1, 0.15) is 11.1 Å². The highest BCUT2D eigenvalue weighted by Crippen LogP contribution is 2.36. The van der Waals surface area contributed by atoms with Gasteiger partial charge in [-0.05, 0) is 42.5 Å². The topological polar surface area (TPSA) is 29.0 Å². The molecule has 30 heavy (non-hydrogen) atoms. The Balaban J connectivity index is 2.01. The zero-order valence-electron chi connectivity index (χ0n) is 15.0. The third-order valence-electron chi connectivity index (χ3n) is 4.15. The number of anilines is 2. The number of rotatable bonds is 3. The quantitative estimate of drug-likeness (QED) is 0.459. The van der Waals surface area contributed by atoms with Crippen LogP contribution in [0, 0.1) is 11.6 Å². The molecule has 0 saturated carbocycles. The molecule has 0 aliphatic rings. The molecule has 1 aromatic heterocycles. The zero-order chi connectivity index (χ0) is 22.3. The van der Waals surface area contributed by atoms with Crippen LogP contribution in [0.3, 0.4) is 0 Å². The SMILES string of the molecule is CN(c1ccc(F)c(C(F)(F)F)c1)c1nccc(-c2ccc(F)c(C(F)(F)F)c2)n1. The molecule has 3 rings (SSSR count). The number of benzene rings is 2. The van der Waals surface area contributed by atoms with E-state index in [1.165, 1.54) is 19.3 Å². The Hall–Kier alpha value is -3.24. The lowest BCUT2D eigenvalue weighted by Crippen LogP contribution is -2.16. The van der Waals surface area contributed by atoms with E-state index in [2.05, 4.69) is 9.97 Å². The van der Waals surface area contributed by atoms with E-state index in [4.69, 9.17) is 0 Å². The molecule has 0 spiro atoms. The molecular weight excluding hydrogens is 422 g/mol. The maximum absolute atomic E-state index is 13.5. The van der Waals surface area contributed by atoms with Gasteiger partial charge in [-0.25, -0.2) is 18.7 Å². The molecule has 0 amide bonds. The summed E-state index contributed by atoms with van der Waals surface area (Å²) < 4.78 is 105. The van der Waals surface area contributed by atoms with Crippen molar-refractivity contribution in [1.29, 1.82) is 0 Å². The van der Waals surface area contributed by atoms with Crippen molar-refractivity contribution in [3.05, 3.63) is 71.4 Å². The molecule has 158 valence electrons. The van der Waals surface area contributed by atoms with Crippen LogP contribution in [0.2, 0.25) is 0 Å². The Morgan fingerprint density at radius 1 is 0.767 bits per heavy atom. The average Bonchev–Trinajstić information content (AvgIpc) is 2.66. The highest BCUT2D eigenvalue weighted by atomic mass is 19.4. The standard InChI is InChI=1S/C19H11F8N3/c1-30(11-3-5-15(21)13(9-11)19(25,26)27)17-28-7-6-16(29-17)10-2-4-14(20)12(8-10)18(22,23)24/h2-9H,1H3. The summed E-state index contributed by atoms with van der Waals surface area (Å²) in [6, 6.07) is 5.81. The summed E-state index contributed by atoms with van der Waals surface area (Å²) in [6.45, 7) is 0. The molecule has 0 aliphatic heterocycles. The molecule has 0 atom stereocenters. The second kappa shape index (κ2) is 7.54. The van der Waals surface area contributed by atoms with Crippen molar-refractivity contribution >= 4 is 11.6 Å². The fourth-order valence-electron chi connectivity index (χ4n) is 2.63. The van der Waals surface area contributed by atoms with Crippen molar-refractivity contribution in [3.8, 4) is 11.3 Å². The molecule has 0 fully saturated rings. The van der Waals surface area contributed by atoms with Crippen molar-refractivity contribution in [2.24, 2.45) is 0 Å². The summed E-state index contributed by atoms with van der Waals surface area (Å²) in [7, 11) is 1.30. The second-order valence-electron chi connectivity index (χ2n) is 6.16. The van der Waals surface area contributed by atoms with Gasteiger partial charge in [-0.1, -0.05) is 0 Å². The van der Waals surface area contributed by atoms with Crippen LogP contribution < -0.4 is 4.90 Å². The zero-order valence-corrected chi connectivity index (χ0v) is 15.0. The summed E-state index contributed by atoms with van der Waals surface area (Å²) in [5.74, 6) is -3.07. The van der Waals surface area contributed by atoms with Crippen molar-refractivity contribution in [2.75, 3.05) is 11.9 Å². The molecule has 2 aromatic carbocycles. The first kappa shape index (κ1) is 21.5. The maximum atomic E-state index is 13.5. The fraction of sp³-hybridized carbons (Fsp3) is 0.158. The van der Waals surface area contributed by atoms with E-state index >= 15 is 0 Å². The minimum absolute atomic E-state index is 0.0180. The molecule has 0 N–H and O–H groups in total. The van der Waals surface area contributed by atoms with Gasteiger partial charge in [0.1, 0.15) is 11.6 Å². The van der Waals surface area contributed by atoms with E-state index in [-0.39, 0.29) is 22.9 Å². The number of alkyl halides is 6. The summed E-state index contributed by atoms with van der Waals surface area (Å²) in [4.78, 5) is 9.03. The number of hydrogen-bond acceptors (Lipinski definition) is 3. The van der Waals surface area contributed by atoms with Gasteiger partial charge in [0.05, 0.1) is 16.8 Å². The average molecular weight is 433 g/mol. The third-order valence-corrected chi connectivity index (χ3v) is 4.15. The molecule has 0 unspecified atom stereocenters. The Bertz CT molecular complexity index is 1080. The van der Waals surface area contributed by atoms with Gasteiger partial charge in [0.25, 0.3) is 0 Å². The first-order valence-electron chi connectivity index (χ1n) is 8.18. The lowest BCUT2D eigenvalue weighted by molar-refractivity contribution is -0.140. The minimum atomic E-state index is -4.92. The van der Waals surface area contributed by atoms with Crippen LogP contribution in [0.5, 0.6) is 0 Å². The van der Waals surface area contributed by atoms with E-state index in [0.29, 0.717) is 24.3 Å². The summed E-state index contributed by atoms with van der Waals surface area (Å²) >= 11 is 0. The lowest BCUT2D eigenvalue weighted by Gasteiger charge is -2.19. The Morgan fingerprint density at radius 3 is 1.93 bits per heavy atom. The number of hydrogen-bond donors (Lipinski definition) is 0. The molecule has 11 heteroatoms. The maximum Gasteiger partial charge on any atom is 0.419 e. The van der Waals surface area contributed by atoms with Crippen LogP contribution >= 0.6 is 0 Å². The normalized spacial score (nSPS) is 12.2. The van der Waals surface area contributed by atoms with E-state index < -0.39 is 35.1 Å². The van der Waals surface area contributed by atoms with Gasteiger partial charge in [-0.2, -0.15) is 26.3 Å². The molecule has 0 radical (unpaired) electrons. The van der Waals surface area contributed by atoms with Crippen molar-refractivity contribution in [1.82, 2.24) is 9.97 Å². The van der Waals surface area contributed by atoms with Gasteiger partial charge >= 0.3 is 12.4 Å². The minimum Gasteiger partial charge on any atom is -0.314 e. The largest absolute Gasteiger partial charge is 0.419 e. The van der Waals surface area contributed by atoms with E-state index in [1.807, 2.05) is 0 Å². The molecule has 0 saturated heterocycles. The van der Waals surface area contributed by atoms with Crippen LogP contribution in [0.25, 0.3) is 11.3 Å². The molecule has 3 aromatic rings. The van der Waals surface area contributed by atoms with Crippen molar-refractivity contribution in [3.63, 3.8) is 0 Å². The van der Waals surface area contributed by atoms with Gasteiger partial charge in [0.15, 0.2) is 0 Å². The van der Waals surface area contributed by atoms with E-state index in [9.17, 15) is 35.1 Å².